The summed E-state index contributed by atoms with van der Waals surface area (Å²) in [5, 5.41) is 0.502. The maximum Gasteiger partial charge on any atom is 0.242 e. The van der Waals surface area contributed by atoms with Gasteiger partial charge in [0.1, 0.15) is 16.5 Å². The predicted molar refractivity (Wildman–Crippen MR) is 103 cm³/mol. The molecule has 0 amide bonds. The zero-order valence-electron chi connectivity index (χ0n) is 14.6. The van der Waals surface area contributed by atoms with Crippen LogP contribution in [0.5, 0.6) is 0 Å². The van der Waals surface area contributed by atoms with E-state index in [1.807, 2.05) is 13.0 Å². The van der Waals surface area contributed by atoms with Gasteiger partial charge in [-0.25, -0.2) is 23.1 Å². The van der Waals surface area contributed by atoms with Crippen LogP contribution in [0.15, 0.2) is 23.1 Å². The Morgan fingerprint density at radius 1 is 1.08 bits per heavy atom. The van der Waals surface area contributed by atoms with E-state index in [1.54, 1.807) is 6.92 Å². The Hall–Kier alpha value is -1.41. The molecule has 1 N–H and O–H groups in total. The monoisotopic (exact) mass is 414 g/mol. The first kappa shape index (κ1) is 19.4. The van der Waals surface area contributed by atoms with Crippen molar-refractivity contribution in [3.05, 3.63) is 45.3 Å². The summed E-state index contributed by atoms with van der Waals surface area (Å²) >= 11 is 12.0. The van der Waals surface area contributed by atoms with Crippen LogP contribution >= 0.6 is 23.2 Å². The third-order valence-electron chi connectivity index (χ3n) is 4.24. The highest BCUT2D eigenvalue weighted by atomic mass is 35.5. The lowest BCUT2D eigenvalue weighted by atomic mass is 10.2. The predicted octanol–water partition coefficient (Wildman–Crippen LogP) is 3.48. The summed E-state index contributed by atoms with van der Waals surface area (Å²) in [6.07, 6.45) is 2.28. The van der Waals surface area contributed by atoms with Crippen molar-refractivity contribution < 1.29 is 8.42 Å². The fraction of sp³-hybridized carbons (Fsp3) is 0.412. The van der Waals surface area contributed by atoms with E-state index < -0.39 is 10.0 Å². The van der Waals surface area contributed by atoms with Crippen LogP contribution in [0.3, 0.4) is 0 Å². The second kappa shape index (κ2) is 7.68. The Bertz CT molecular complexity index is 929. The third-order valence-corrected chi connectivity index (χ3v) is 6.51. The lowest BCUT2D eigenvalue weighted by Crippen LogP contribution is -2.26. The number of hydrogen-bond acceptors (Lipinski definition) is 5. The van der Waals surface area contributed by atoms with Gasteiger partial charge in [-0.05, 0) is 44.4 Å². The first-order valence-corrected chi connectivity index (χ1v) is 10.5. The van der Waals surface area contributed by atoms with Crippen molar-refractivity contribution in [3.8, 4) is 0 Å². The largest absolute Gasteiger partial charge is 0.357 e. The Kier molecular flexibility index (Phi) is 5.72. The molecular formula is C17H20Cl2N4O2S. The fourth-order valence-corrected chi connectivity index (χ4v) is 4.68. The van der Waals surface area contributed by atoms with Crippen LogP contribution in [0.25, 0.3) is 0 Å². The second-order valence-electron chi connectivity index (χ2n) is 6.33. The molecule has 0 bridgehead atoms. The van der Waals surface area contributed by atoms with E-state index in [4.69, 9.17) is 23.2 Å². The fourth-order valence-electron chi connectivity index (χ4n) is 2.87. The molecule has 9 heteroatoms. The maximum absolute atomic E-state index is 12.6. The molecule has 0 unspecified atom stereocenters. The highest BCUT2D eigenvalue weighted by Gasteiger charge is 2.20. The number of nitrogens with one attached hydrogen (secondary N) is 1. The molecule has 140 valence electrons. The van der Waals surface area contributed by atoms with Crippen molar-refractivity contribution in [2.75, 3.05) is 18.0 Å². The number of rotatable bonds is 5. The minimum atomic E-state index is -3.81. The Morgan fingerprint density at radius 2 is 1.77 bits per heavy atom. The molecule has 1 saturated heterocycles. The second-order valence-corrected chi connectivity index (χ2v) is 8.88. The van der Waals surface area contributed by atoms with Crippen molar-refractivity contribution in [1.29, 1.82) is 0 Å². The normalized spacial score (nSPS) is 14.8. The number of halogens is 2. The lowest BCUT2D eigenvalue weighted by Gasteiger charge is -2.17. The van der Waals surface area contributed by atoms with Gasteiger partial charge in [0.2, 0.25) is 10.0 Å². The lowest BCUT2D eigenvalue weighted by molar-refractivity contribution is 0.579. The summed E-state index contributed by atoms with van der Waals surface area (Å²) in [6, 6.07) is 4.81. The zero-order valence-corrected chi connectivity index (χ0v) is 16.9. The molecule has 0 radical (unpaired) electrons. The van der Waals surface area contributed by atoms with Crippen molar-refractivity contribution in [3.63, 3.8) is 0 Å². The molecule has 6 nitrogen and oxygen atoms in total. The van der Waals surface area contributed by atoms with E-state index in [0.717, 1.165) is 37.4 Å². The van der Waals surface area contributed by atoms with Crippen LogP contribution in [0.1, 0.15) is 29.9 Å². The Balaban J connectivity index is 1.81. The van der Waals surface area contributed by atoms with Gasteiger partial charge in [-0.3, -0.25) is 0 Å². The van der Waals surface area contributed by atoms with Gasteiger partial charge in [-0.1, -0.05) is 23.2 Å². The molecular weight excluding hydrogens is 395 g/mol. The molecule has 26 heavy (non-hydrogen) atoms. The van der Waals surface area contributed by atoms with Gasteiger partial charge in [-0.15, -0.1) is 0 Å². The SMILES string of the molecule is Cc1cc(N2CCCC2)nc(CNS(=O)(=O)c2cc(C)c(Cl)cc2Cl)n1. The van der Waals surface area contributed by atoms with Crippen LogP contribution in [-0.2, 0) is 16.6 Å². The van der Waals surface area contributed by atoms with Gasteiger partial charge in [0.25, 0.3) is 0 Å². The minimum Gasteiger partial charge on any atom is -0.357 e. The van der Waals surface area contributed by atoms with Crippen molar-refractivity contribution >= 4 is 39.0 Å². The van der Waals surface area contributed by atoms with Crippen molar-refractivity contribution in [2.24, 2.45) is 0 Å². The number of nitrogens with zero attached hydrogens (tertiary/aromatic N) is 3. The van der Waals surface area contributed by atoms with Gasteiger partial charge >= 0.3 is 0 Å². The van der Waals surface area contributed by atoms with Gasteiger partial charge in [0, 0.05) is 29.9 Å². The minimum absolute atomic E-state index is 0.00603. The molecule has 0 aliphatic carbocycles. The Morgan fingerprint density at radius 3 is 2.46 bits per heavy atom. The van der Waals surface area contributed by atoms with E-state index in [-0.39, 0.29) is 16.5 Å². The molecule has 0 spiro atoms. The molecule has 1 aromatic heterocycles. The molecule has 1 fully saturated rings. The third kappa shape index (κ3) is 4.28. The van der Waals surface area contributed by atoms with E-state index >= 15 is 0 Å². The van der Waals surface area contributed by atoms with Crippen LogP contribution in [0.4, 0.5) is 5.82 Å². The Labute approximate surface area is 163 Å². The van der Waals surface area contributed by atoms with E-state index in [9.17, 15) is 8.42 Å². The topological polar surface area (TPSA) is 75.2 Å². The highest BCUT2D eigenvalue weighted by Crippen LogP contribution is 2.28. The van der Waals surface area contributed by atoms with Crippen molar-refractivity contribution in [2.45, 2.75) is 38.1 Å². The van der Waals surface area contributed by atoms with Gasteiger partial charge in [-0.2, -0.15) is 0 Å². The number of aromatic nitrogens is 2. The summed E-state index contributed by atoms with van der Waals surface area (Å²) in [4.78, 5) is 11.0. The number of benzene rings is 1. The molecule has 2 aromatic rings. The molecule has 0 atom stereocenters. The standard InChI is InChI=1S/C17H20Cl2N4O2S/c1-11-7-15(14(19)9-13(11)18)26(24,25)20-10-16-21-12(2)8-17(22-16)23-5-3-4-6-23/h7-9,20H,3-6,10H2,1-2H3. The molecule has 1 aromatic carbocycles. The number of sulfonamides is 1. The molecule has 0 saturated carbocycles. The number of hydrogen-bond donors (Lipinski definition) is 1. The first-order valence-electron chi connectivity index (χ1n) is 8.31. The quantitative estimate of drug-likeness (QED) is 0.810. The maximum atomic E-state index is 12.6. The van der Waals surface area contributed by atoms with Crippen LogP contribution < -0.4 is 9.62 Å². The van der Waals surface area contributed by atoms with Crippen LogP contribution in [-0.4, -0.2) is 31.5 Å². The number of anilines is 1. The smallest absolute Gasteiger partial charge is 0.242 e. The average Bonchev–Trinajstić information content (AvgIpc) is 3.10. The highest BCUT2D eigenvalue weighted by molar-refractivity contribution is 7.89. The summed E-state index contributed by atoms with van der Waals surface area (Å²) < 4.78 is 27.7. The van der Waals surface area contributed by atoms with Gasteiger partial charge in [0.05, 0.1) is 11.6 Å². The molecule has 2 heterocycles. The summed E-state index contributed by atoms with van der Waals surface area (Å²) in [5.41, 5.74) is 1.44. The summed E-state index contributed by atoms with van der Waals surface area (Å²) in [5.74, 6) is 1.27. The van der Waals surface area contributed by atoms with E-state index in [2.05, 4.69) is 19.6 Å². The average molecular weight is 415 g/mol. The van der Waals surface area contributed by atoms with Gasteiger partial charge in [0.15, 0.2) is 0 Å². The van der Waals surface area contributed by atoms with Crippen LogP contribution in [0, 0.1) is 13.8 Å². The molecule has 3 rings (SSSR count). The van der Waals surface area contributed by atoms with Gasteiger partial charge < -0.3 is 4.90 Å². The molecule has 1 aliphatic rings. The van der Waals surface area contributed by atoms with E-state index in [1.165, 1.54) is 12.1 Å². The summed E-state index contributed by atoms with van der Waals surface area (Å²) in [7, 11) is -3.81. The van der Waals surface area contributed by atoms with Crippen LogP contribution in [0.2, 0.25) is 10.0 Å². The zero-order chi connectivity index (χ0) is 18.9. The van der Waals surface area contributed by atoms with E-state index in [0.29, 0.717) is 16.4 Å². The summed E-state index contributed by atoms with van der Waals surface area (Å²) in [6.45, 7) is 5.51. The first-order chi connectivity index (χ1) is 12.3. The molecule has 1 aliphatic heterocycles. The van der Waals surface area contributed by atoms with Crippen molar-refractivity contribution in [1.82, 2.24) is 14.7 Å². The number of aryl methyl sites for hydroxylation is 2.